The molecule has 0 heterocycles. The van der Waals surface area contributed by atoms with Gasteiger partial charge in [-0.2, -0.15) is 0 Å². The van der Waals surface area contributed by atoms with E-state index in [0.717, 1.165) is 0 Å². The van der Waals surface area contributed by atoms with Crippen LogP contribution in [-0.4, -0.2) is 17.6 Å². The Morgan fingerprint density at radius 3 is 2.00 bits per heavy atom. The standard InChI is InChI=1S/C6H12N2/c1-5-6(2,3)8(4)7/h1H,7H2,2-4H3. The zero-order valence-corrected chi connectivity index (χ0v) is 5.60. The topological polar surface area (TPSA) is 29.3 Å². The van der Waals surface area contributed by atoms with Gasteiger partial charge in [-0.05, 0) is 13.8 Å². The van der Waals surface area contributed by atoms with Crippen LogP contribution in [0.4, 0.5) is 0 Å². The van der Waals surface area contributed by atoms with Gasteiger partial charge in [0, 0.05) is 7.05 Å². The van der Waals surface area contributed by atoms with E-state index in [0.29, 0.717) is 0 Å². The monoisotopic (exact) mass is 112 g/mol. The van der Waals surface area contributed by atoms with E-state index in [4.69, 9.17) is 12.3 Å². The lowest BCUT2D eigenvalue weighted by atomic mass is 10.1. The summed E-state index contributed by atoms with van der Waals surface area (Å²) >= 11 is 0. The lowest BCUT2D eigenvalue weighted by molar-refractivity contribution is 0.220. The lowest BCUT2D eigenvalue weighted by Gasteiger charge is -2.25. The first kappa shape index (κ1) is 7.48. The molecule has 8 heavy (non-hydrogen) atoms. The number of hydrogen-bond donors (Lipinski definition) is 1. The minimum Gasteiger partial charge on any atom is -0.268 e. The maximum Gasteiger partial charge on any atom is 0.0892 e. The van der Waals surface area contributed by atoms with Crippen LogP contribution in [0, 0.1) is 12.3 Å². The van der Waals surface area contributed by atoms with Gasteiger partial charge in [0.25, 0.3) is 0 Å². The quantitative estimate of drug-likeness (QED) is 0.298. The van der Waals surface area contributed by atoms with Gasteiger partial charge in [-0.1, -0.05) is 5.92 Å². The van der Waals surface area contributed by atoms with Crippen molar-refractivity contribution in [2.24, 2.45) is 5.84 Å². The Labute approximate surface area is 50.6 Å². The van der Waals surface area contributed by atoms with E-state index in [-0.39, 0.29) is 5.54 Å². The molecule has 0 fully saturated rings. The highest BCUT2D eigenvalue weighted by atomic mass is 15.4. The summed E-state index contributed by atoms with van der Waals surface area (Å²) < 4.78 is 0. The average molecular weight is 112 g/mol. The van der Waals surface area contributed by atoms with Gasteiger partial charge in [0.2, 0.25) is 0 Å². The molecule has 0 aromatic carbocycles. The van der Waals surface area contributed by atoms with E-state index >= 15 is 0 Å². The number of nitrogens with two attached hydrogens (primary N) is 1. The Morgan fingerprint density at radius 2 is 2.00 bits per heavy atom. The first-order valence-corrected chi connectivity index (χ1v) is 2.47. The lowest BCUT2D eigenvalue weighted by Crippen LogP contribution is -2.44. The van der Waals surface area contributed by atoms with Crippen molar-refractivity contribution in [3.8, 4) is 12.3 Å². The van der Waals surface area contributed by atoms with E-state index in [1.807, 2.05) is 13.8 Å². The second kappa shape index (κ2) is 2.17. The molecule has 0 aromatic heterocycles. The Hall–Kier alpha value is -0.520. The Bertz CT molecular complexity index is 108. The predicted octanol–water partition coefficient (Wildman–Crippen LogP) is 0.204. The largest absolute Gasteiger partial charge is 0.268 e. The van der Waals surface area contributed by atoms with Crippen LogP contribution >= 0.6 is 0 Å². The molecule has 2 N–H and O–H groups in total. The van der Waals surface area contributed by atoms with Gasteiger partial charge in [-0.25, -0.2) is 5.01 Å². The minimum atomic E-state index is -0.319. The third-order valence-corrected chi connectivity index (χ3v) is 1.23. The molecule has 0 aromatic rings. The molecule has 0 aliphatic rings. The summed E-state index contributed by atoms with van der Waals surface area (Å²) in [5, 5.41) is 1.51. The summed E-state index contributed by atoms with van der Waals surface area (Å²) in [6, 6.07) is 0. The summed E-state index contributed by atoms with van der Waals surface area (Å²) in [5.41, 5.74) is -0.319. The first-order valence-electron chi connectivity index (χ1n) is 2.47. The molecule has 0 saturated carbocycles. The van der Waals surface area contributed by atoms with Crippen LogP contribution in [0.5, 0.6) is 0 Å². The van der Waals surface area contributed by atoms with Gasteiger partial charge in [0.15, 0.2) is 0 Å². The minimum absolute atomic E-state index is 0.319. The summed E-state index contributed by atoms with van der Waals surface area (Å²) in [5.74, 6) is 7.91. The van der Waals surface area contributed by atoms with Gasteiger partial charge in [-0.15, -0.1) is 6.42 Å². The molecule has 0 spiro atoms. The van der Waals surface area contributed by atoms with Crippen LogP contribution in [0.15, 0.2) is 0 Å². The highest BCUT2D eigenvalue weighted by Crippen LogP contribution is 2.03. The van der Waals surface area contributed by atoms with E-state index in [1.54, 1.807) is 7.05 Å². The summed E-state index contributed by atoms with van der Waals surface area (Å²) in [6.07, 6.45) is 5.14. The van der Waals surface area contributed by atoms with E-state index in [2.05, 4.69) is 5.92 Å². The van der Waals surface area contributed by atoms with Crippen LogP contribution in [0.1, 0.15) is 13.8 Å². The van der Waals surface area contributed by atoms with Gasteiger partial charge >= 0.3 is 0 Å². The summed E-state index contributed by atoms with van der Waals surface area (Å²) in [4.78, 5) is 0. The Kier molecular flexibility index (Phi) is 2.02. The molecule has 2 heteroatoms. The molecule has 2 nitrogen and oxygen atoms in total. The number of nitrogens with zero attached hydrogens (tertiary/aromatic N) is 1. The predicted molar refractivity (Wildman–Crippen MR) is 34.9 cm³/mol. The molecule has 0 bridgehead atoms. The second-order valence-electron chi connectivity index (χ2n) is 2.31. The van der Waals surface area contributed by atoms with Crippen LogP contribution < -0.4 is 5.84 Å². The van der Waals surface area contributed by atoms with Crippen molar-refractivity contribution in [1.29, 1.82) is 0 Å². The maximum atomic E-state index is 5.37. The highest BCUT2D eigenvalue weighted by molar-refractivity contribution is 5.06. The van der Waals surface area contributed by atoms with Gasteiger partial charge in [0.1, 0.15) is 0 Å². The fourth-order valence-electron chi connectivity index (χ4n) is 0.102. The molecule has 0 rings (SSSR count). The summed E-state index contributed by atoms with van der Waals surface area (Å²) in [7, 11) is 1.75. The van der Waals surface area contributed by atoms with E-state index < -0.39 is 0 Å². The molecular weight excluding hydrogens is 100 g/mol. The molecule has 0 unspecified atom stereocenters. The molecule has 0 aliphatic heterocycles. The maximum absolute atomic E-state index is 5.37. The number of rotatable bonds is 1. The normalized spacial score (nSPS) is 11.5. The zero-order chi connectivity index (χ0) is 6.78. The second-order valence-corrected chi connectivity index (χ2v) is 2.31. The number of hydrazine groups is 1. The average Bonchev–Trinajstić information content (AvgIpc) is 1.67. The fourth-order valence-corrected chi connectivity index (χ4v) is 0.102. The van der Waals surface area contributed by atoms with Gasteiger partial charge in [0.05, 0.1) is 5.54 Å². The molecule has 0 radical (unpaired) electrons. The smallest absolute Gasteiger partial charge is 0.0892 e. The number of hydrogen-bond acceptors (Lipinski definition) is 2. The molecule has 46 valence electrons. The third kappa shape index (κ3) is 1.53. The van der Waals surface area contributed by atoms with Crippen molar-refractivity contribution in [3.63, 3.8) is 0 Å². The SMILES string of the molecule is C#CC(C)(C)N(C)N. The molecule has 0 saturated heterocycles. The molecular formula is C6H12N2. The first-order chi connectivity index (χ1) is 3.50. The van der Waals surface area contributed by atoms with Gasteiger partial charge in [-0.3, -0.25) is 5.84 Å². The van der Waals surface area contributed by atoms with Gasteiger partial charge < -0.3 is 0 Å². The van der Waals surface area contributed by atoms with Crippen molar-refractivity contribution in [2.75, 3.05) is 7.05 Å². The fraction of sp³-hybridized carbons (Fsp3) is 0.667. The summed E-state index contributed by atoms with van der Waals surface area (Å²) in [6.45, 7) is 3.76. The Balaban J connectivity index is 3.97. The van der Waals surface area contributed by atoms with Crippen molar-refractivity contribution in [3.05, 3.63) is 0 Å². The third-order valence-electron chi connectivity index (χ3n) is 1.23. The van der Waals surface area contributed by atoms with Crippen molar-refractivity contribution in [2.45, 2.75) is 19.4 Å². The van der Waals surface area contributed by atoms with E-state index in [9.17, 15) is 0 Å². The van der Waals surface area contributed by atoms with Crippen LogP contribution in [0.3, 0.4) is 0 Å². The van der Waals surface area contributed by atoms with Crippen molar-refractivity contribution in [1.82, 2.24) is 5.01 Å². The van der Waals surface area contributed by atoms with Crippen LogP contribution in [0.25, 0.3) is 0 Å². The van der Waals surface area contributed by atoms with Crippen molar-refractivity contribution < 1.29 is 0 Å². The van der Waals surface area contributed by atoms with Crippen molar-refractivity contribution >= 4 is 0 Å². The zero-order valence-electron chi connectivity index (χ0n) is 5.60. The number of terminal acetylenes is 1. The Morgan fingerprint density at radius 1 is 1.62 bits per heavy atom. The molecule has 0 amide bonds. The highest BCUT2D eigenvalue weighted by Gasteiger charge is 2.15. The molecule has 0 atom stereocenters. The van der Waals surface area contributed by atoms with Crippen LogP contribution in [0.2, 0.25) is 0 Å². The van der Waals surface area contributed by atoms with E-state index in [1.165, 1.54) is 5.01 Å². The molecule has 0 aliphatic carbocycles. The van der Waals surface area contributed by atoms with Crippen LogP contribution in [-0.2, 0) is 0 Å².